The molecule has 0 aliphatic carbocycles. The second-order valence-electron chi connectivity index (χ2n) is 6.55. The van der Waals surface area contributed by atoms with E-state index in [4.69, 9.17) is 9.47 Å². The maximum atomic E-state index is 13.2. The van der Waals surface area contributed by atoms with E-state index in [1.165, 1.54) is 11.3 Å². The zero-order valence-corrected chi connectivity index (χ0v) is 17.5. The number of likely N-dealkylation sites (N-methyl/N-ethyl adjacent to an activating group) is 1. The predicted octanol–water partition coefficient (Wildman–Crippen LogP) is 3.91. The van der Waals surface area contributed by atoms with E-state index in [-0.39, 0.29) is 5.91 Å². The Balaban J connectivity index is 1.92. The summed E-state index contributed by atoms with van der Waals surface area (Å²) in [6.07, 6.45) is 0. The van der Waals surface area contributed by atoms with E-state index in [1.54, 1.807) is 24.1 Å². The Morgan fingerprint density at radius 2 is 1.79 bits per heavy atom. The fourth-order valence-corrected chi connectivity index (χ4v) is 3.75. The molecular formula is C21H25N3O3S. The van der Waals surface area contributed by atoms with Crippen LogP contribution in [0.2, 0.25) is 0 Å². The highest BCUT2D eigenvalue weighted by Crippen LogP contribution is 2.32. The van der Waals surface area contributed by atoms with Gasteiger partial charge in [0.25, 0.3) is 5.91 Å². The SMILES string of the molecule is CCOc1ccc(C(=O)N(CCN(C)C)c2nc3ccc(OC)cc3s2)cc1. The molecule has 3 aromatic rings. The Kier molecular flexibility index (Phi) is 6.49. The molecule has 28 heavy (non-hydrogen) atoms. The van der Waals surface area contributed by atoms with E-state index in [0.29, 0.717) is 23.8 Å². The van der Waals surface area contributed by atoms with Crippen LogP contribution in [0.15, 0.2) is 42.5 Å². The Hall–Kier alpha value is -2.64. The lowest BCUT2D eigenvalue weighted by molar-refractivity contribution is 0.0985. The average Bonchev–Trinajstić information content (AvgIpc) is 3.11. The molecule has 0 atom stereocenters. The Bertz CT molecular complexity index is 938. The van der Waals surface area contributed by atoms with Crippen LogP contribution >= 0.6 is 11.3 Å². The minimum Gasteiger partial charge on any atom is -0.497 e. The summed E-state index contributed by atoms with van der Waals surface area (Å²) in [4.78, 5) is 21.7. The van der Waals surface area contributed by atoms with Crippen LogP contribution in [0.5, 0.6) is 11.5 Å². The maximum absolute atomic E-state index is 13.2. The number of aromatic nitrogens is 1. The van der Waals surface area contributed by atoms with Gasteiger partial charge < -0.3 is 14.4 Å². The minimum atomic E-state index is -0.0732. The van der Waals surface area contributed by atoms with Crippen molar-refractivity contribution in [2.75, 3.05) is 45.8 Å². The summed E-state index contributed by atoms with van der Waals surface area (Å²) < 4.78 is 11.8. The summed E-state index contributed by atoms with van der Waals surface area (Å²) in [5, 5.41) is 0.684. The number of ether oxygens (including phenoxy) is 2. The van der Waals surface area contributed by atoms with Gasteiger partial charge in [-0.05, 0) is 63.5 Å². The molecule has 7 heteroatoms. The van der Waals surface area contributed by atoms with E-state index in [0.717, 1.165) is 28.3 Å². The first-order valence-electron chi connectivity index (χ1n) is 9.16. The molecule has 0 aliphatic heterocycles. The van der Waals surface area contributed by atoms with Crippen LogP contribution in [0.1, 0.15) is 17.3 Å². The number of hydrogen-bond acceptors (Lipinski definition) is 6. The summed E-state index contributed by atoms with van der Waals surface area (Å²) in [7, 11) is 5.62. The number of nitrogens with zero attached hydrogens (tertiary/aromatic N) is 3. The van der Waals surface area contributed by atoms with Crippen LogP contribution in [0, 0.1) is 0 Å². The van der Waals surface area contributed by atoms with Crippen molar-refractivity contribution in [3.63, 3.8) is 0 Å². The highest BCUT2D eigenvalue weighted by Gasteiger charge is 2.21. The van der Waals surface area contributed by atoms with Gasteiger partial charge >= 0.3 is 0 Å². The number of thiazole rings is 1. The van der Waals surface area contributed by atoms with E-state index in [1.807, 2.05) is 51.4 Å². The molecule has 0 fully saturated rings. The van der Waals surface area contributed by atoms with Gasteiger partial charge in [-0.15, -0.1) is 0 Å². The van der Waals surface area contributed by atoms with Crippen molar-refractivity contribution in [1.82, 2.24) is 9.88 Å². The average molecular weight is 400 g/mol. The van der Waals surface area contributed by atoms with Gasteiger partial charge in [0.15, 0.2) is 5.13 Å². The van der Waals surface area contributed by atoms with Crippen LogP contribution in [0.25, 0.3) is 10.2 Å². The van der Waals surface area contributed by atoms with Gasteiger partial charge in [0.05, 0.1) is 23.9 Å². The van der Waals surface area contributed by atoms with Gasteiger partial charge in [0.2, 0.25) is 0 Å². The van der Waals surface area contributed by atoms with Crippen LogP contribution in [-0.4, -0.2) is 56.7 Å². The molecule has 0 aliphatic rings. The predicted molar refractivity (Wildman–Crippen MR) is 114 cm³/mol. The summed E-state index contributed by atoms with van der Waals surface area (Å²) in [5.74, 6) is 1.46. The Morgan fingerprint density at radius 1 is 1.07 bits per heavy atom. The first kappa shape index (κ1) is 20.1. The lowest BCUT2D eigenvalue weighted by Gasteiger charge is -2.22. The second-order valence-corrected chi connectivity index (χ2v) is 7.56. The minimum absolute atomic E-state index is 0.0732. The third-order valence-electron chi connectivity index (χ3n) is 4.24. The molecule has 6 nitrogen and oxygen atoms in total. The fourth-order valence-electron chi connectivity index (χ4n) is 2.74. The van der Waals surface area contributed by atoms with Crippen LogP contribution in [0.3, 0.4) is 0 Å². The van der Waals surface area contributed by atoms with Crippen molar-refractivity contribution in [1.29, 1.82) is 0 Å². The highest BCUT2D eigenvalue weighted by atomic mass is 32.1. The molecule has 0 bridgehead atoms. The molecule has 0 saturated heterocycles. The first-order chi connectivity index (χ1) is 13.5. The molecule has 0 saturated carbocycles. The smallest absolute Gasteiger partial charge is 0.260 e. The number of methoxy groups -OCH3 is 1. The first-order valence-corrected chi connectivity index (χ1v) is 9.97. The van der Waals surface area contributed by atoms with E-state index >= 15 is 0 Å². The Labute approximate surface area is 169 Å². The largest absolute Gasteiger partial charge is 0.497 e. The summed E-state index contributed by atoms with van der Waals surface area (Å²) in [6, 6.07) is 13.0. The van der Waals surface area contributed by atoms with Crippen molar-refractivity contribution in [2.45, 2.75) is 6.92 Å². The monoisotopic (exact) mass is 399 g/mol. The second kappa shape index (κ2) is 9.03. The summed E-state index contributed by atoms with van der Waals surface area (Å²) in [5.41, 5.74) is 1.47. The number of hydrogen-bond donors (Lipinski definition) is 0. The molecule has 0 unspecified atom stereocenters. The zero-order valence-electron chi connectivity index (χ0n) is 16.6. The van der Waals surface area contributed by atoms with Crippen LogP contribution < -0.4 is 14.4 Å². The van der Waals surface area contributed by atoms with Gasteiger partial charge in [-0.2, -0.15) is 0 Å². The molecule has 0 radical (unpaired) electrons. The van der Waals surface area contributed by atoms with Crippen molar-refractivity contribution >= 4 is 32.6 Å². The molecule has 0 N–H and O–H groups in total. The molecule has 0 spiro atoms. The lowest BCUT2D eigenvalue weighted by Crippen LogP contribution is -2.36. The number of carbonyl (C=O) groups excluding carboxylic acids is 1. The van der Waals surface area contributed by atoms with Crippen molar-refractivity contribution in [3.05, 3.63) is 48.0 Å². The quantitative estimate of drug-likeness (QED) is 0.575. The van der Waals surface area contributed by atoms with Crippen molar-refractivity contribution in [3.8, 4) is 11.5 Å². The number of rotatable bonds is 8. The summed E-state index contributed by atoms with van der Waals surface area (Å²) in [6.45, 7) is 3.82. The van der Waals surface area contributed by atoms with Crippen LogP contribution in [0.4, 0.5) is 5.13 Å². The van der Waals surface area contributed by atoms with E-state index < -0.39 is 0 Å². The molecule has 1 heterocycles. The Morgan fingerprint density at radius 3 is 2.43 bits per heavy atom. The van der Waals surface area contributed by atoms with Gasteiger partial charge in [-0.1, -0.05) is 11.3 Å². The third kappa shape index (κ3) is 4.61. The zero-order chi connectivity index (χ0) is 20.1. The van der Waals surface area contributed by atoms with Gasteiger partial charge in [0, 0.05) is 18.7 Å². The third-order valence-corrected chi connectivity index (χ3v) is 5.28. The van der Waals surface area contributed by atoms with E-state index in [9.17, 15) is 4.79 Å². The van der Waals surface area contributed by atoms with Crippen molar-refractivity contribution < 1.29 is 14.3 Å². The lowest BCUT2D eigenvalue weighted by atomic mass is 10.2. The van der Waals surface area contributed by atoms with E-state index in [2.05, 4.69) is 9.88 Å². The number of fused-ring (bicyclic) bond motifs is 1. The normalized spacial score (nSPS) is 11.0. The molecule has 1 amide bonds. The van der Waals surface area contributed by atoms with Gasteiger partial charge in [-0.25, -0.2) is 4.98 Å². The molecule has 1 aromatic heterocycles. The number of benzene rings is 2. The molecule has 3 rings (SSSR count). The molecule has 2 aromatic carbocycles. The highest BCUT2D eigenvalue weighted by molar-refractivity contribution is 7.22. The number of amides is 1. The van der Waals surface area contributed by atoms with Crippen LogP contribution in [-0.2, 0) is 0 Å². The number of anilines is 1. The standard InChI is InChI=1S/C21H25N3O3S/c1-5-27-16-8-6-15(7-9-16)20(25)24(13-12-23(2)3)21-22-18-11-10-17(26-4)14-19(18)28-21/h6-11,14H,5,12-13H2,1-4H3. The van der Waals surface area contributed by atoms with Crippen molar-refractivity contribution in [2.24, 2.45) is 0 Å². The topological polar surface area (TPSA) is 54.9 Å². The summed E-state index contributed by atoms with van der Waals surface area (Å²) >= 11 is 1.49. The molecular weight excluding hydrogens is 374 g/mol. The van der Waals surface area contributed by atoms with Gasteiger partial charge in [-0.3, -0.25) is 9.69 Å². The van der Waals surface area contributed by atoms with Gasteiger partial charge in [0.1, 0.15) is 11.5 Å². The number of carbonyl (C=O) groups is 1. The molecule has 148 valence electrons. The maximum Gasteiger partial charge on any atom is 0.260 e. The fraction of sp³-hybridized carbons (Fsp3) is 0.333.